The maximum atomic E-state index is 10.4. The molecule has 2 nitrogen and oxygen atoms in total. The molecule has 2 saturated carbocycles. The molecule has 4 rings (SSSR count). The van der Waals surface area contributed by atoms with Crippen molar-refractivity contribution in [3.63, 3.8) is 0 Å². The zero-order valence-corrected chi connectivity index (χ0v) is 14.1. The second kappa shape index (κ2) is 5.69. The van der Waals surface area contributed by atoms with Crippen LogP contribution >= 0.6 is 0 Å². The molecule has 21 heavy (non-hydrogen) atoms. The van der Waals surface area contributed by atoms with E-state index in [1.807, 2.05) is 12.1 Å². The number of rotatable bonds is 0. The van der Waals surface area contributed by atoms with E-state index in [-0.39, 0.29) is 48.4 Å². The van der Waals surface area contributed by atoms with Crippen LogP contribution in [-0.2, 0) is 6.42 Å². The first kappa shape index (κ1) is 16.1. The molecule has 0 aromatic heterocycles. The molecular weight excluding hydrogens is 423 g/mol. The summed E-state index contributed by atoms with van der Waals surface area (Å²) in [5.74, 6) is 2.49. The van der Waals surface area contributed by atoms with Gasteiger partial charge in [-0.1, -0.05) is 13.0 Å². The summed E-state index contributed by atoms with van der Waals surface area (Å²) in [7, 11) is 0. The first-order valence-electron chi connectivity index (χ1n) is 8.09. The molecule has 0 amide bonds. The Morgan fingerprint density at radius 2 is 1.95 bits per heavy atom. The molecule has 2 fully saturated rings. The van der Waals surface area contributed by atoms with E-state index in [0.29, 0.717) is 17.6 Å². The average Bonchev–Trinajstić information content (AvgIpc) is 2.74. The third-order valence-electron chi connectivity index (χ3n) is 6.66. The Kier molecular flexibility index (Phi) is 4.36. The minimum absolute atomic E-state index is 0. The molecule has 1 aromatic rings. The fraction of sp³-hybridized carbons (Fsp3) is 0.667. The predicted molar refractivity (Wildman–Crippen MR) is 78.7 cm³/mol. The van der Waals surface area contributed by atoms with Crippen molar-refractivity contribution in [2.24, 2.45) is 17.3 Å². The van der Waals surface area contributed by atoms with Crippen LogP contribution in [0.25, 0.3) is 0 Å². The molecule has 0 saturated heterocycles. The summed E-state index contributed by atoms with van der Waals surface area (Å²) in [5, 5.41) is 20.0. The smallest absolute Gasteiger partial charge is 0.115 e. The van der Waals surface area contributed by atoms with Crippen LogP contribution in [0.4, 0.5) is 0 Å². The number of aliphatic hydroxyl groups excluding tert-OH is 1. The largest absolute Gasteiger partial charge is 0.508 e. The van der Waals surface area contributed by atoms with Crippen molar-refractivity contribution in [3.05, 3.63) is 29.3 Å². The minimum Gasteiger partial charge on any atom is -0.508 e. The standard InChI is InChI=1S/C18H24O2.Lu/c1-18-9-8-14-13-5-3-12(19)10-11(13)2-4-15(14)16(18)6-7-17(18)20;/h3,5,10,14-17,19-20H,2,4,6-9H2,1H3;/t14-,15-,16+,17-,18+;/m1./s1. The van der Waals surface area contributed by atoms with Gasteiger partial charge in [0.1, 0.15) is 5.75 Å². The van der Waals surface area contributed by atoms with Crippen LogP contribution in [0.2, 0.25) is 0 Å². The van der Waals surface area contributed by atoms with Gasteiger partial charge < -0.3 is 10.2 Å². The van der Waals surface area contributed by atoms with Gasteiger partial charge in [0.25, 0.3) is 0 Å². The predicted octanol–water partition coefficient (Wildman–Crippen LogP) is 3.61. The molecule has 3 heteroatoms. The van der Waals surface area contributed by atoms with E-state index in [1.54, 1.807) is 0 Å². The maximum absolute atomic E-state index is 10.4. The molecule has 1 radical (unpaired) electrons. The average molecular weight is 447 g/mol. The Balaban J connectivity index is 0.00000132. The first-order chi connectivity index (χ1) is 9.59. The number of aromatic hydroxyl groups is 1. The van der Waals surface area contributed by atoms with Crippen molar-refractivity contribution in [1.29, 1.82) is 0 Å². The Hall–Kier alpha value is 0.214. The molecule has 3 aliphatic carbocycles. The molecule has 0 aliphatic heterocycles. The zero-order valence-electron chi connectivity index (χ0n) is 12.4. The number of benzene rings is 1. The summed E-state index contributed by atoms with van der Waals surface area (Å²) < 4.78 is 0. The van der Waals surface area contributed by atoms with E-state index in [2.05, 4.69) is 13.0 Å². The molecule has 3 aliphatic rings. The number of phenolic OH excluding ortho intramolecular Hbond substituents is 1. The molecule has 5 atom stereocenters. The Morgan fingerprint density at radius 1 is 1.14 bits per heavy atom. The van der Waals surface area contributed by atoms with Gasteiger partial charge in [-0.2, -0.15) is 0 Å². The Morgan fingerprint density at radius 3 is 2.76 bits per heavy atom. The van der Waals surface area contributed by atoms with Crippen LogP contribution < -0.4 is 0 Å². The third-order valence-corrected chi connectivity index (χ3v) is 6.66. The van der Waals surface area contributed by atoms with Crippen molar-refractivity contribution >= 4 is 0 Å². The van der Waals surface area contributed by atoms with Crippen LogP contribution in [0, 0.1) is 54.1 Å². The zero-order chi connectivity index (χ0) is 13.9. The van der Waals surface area contributed by atoms with Crippen LogP contribution in [0.5, 0.6) is 5.75 Å². The van der Waals surface area contributed by atoms with Gasteiger partial charge in [0.15, 0.2) is 0 Å². The molecule has 0 heterocycles. The molecule has 0 unspecified atom stereocenters. The molecule has 0 spiro atoms. The number of hydrogen-bond acceptors (Lipinski definition) is 2. The summed E-state index contributed by atoms with van der Waals surface area (Å²) in [6.45, 7) is 2.32. The van der Waals surface area contributed by atoms with Gasteiger partial charge >= 0.3 is 0 Å². The molecule has 1 aromatic carbocycles. The van der Waals surface area contributed by atoms with Crippen molar-refractivity contribution < 1.29 is 47.1 Å². The number of hydrogen-bond donors (Lipinski definition) is 2. The van der Waals surface area contributed by atoms with Crippen molar-refractivity contribution in [2.45, 2.75) is 57.5 Å². The summed E-state index contributed by atoms with van der Waals surface area (Å²) in [6, 6.07) is 5.96. The minimum atomic E-state index is -0.0883. The summed E-state index contributed by atoms with van der Waals surface area (Å²) in [4.78, 5) is 0. The Labute approximate surface area is 156 Å². The normalized spacial score (nSPS) is 40.7. The Bertz CT molecular complexity index is 544. The number of phenols is 1. The molecule has 0 bridgehead atoms. The van der Waals surface area contributed by atoms with Gasteiger partial charge in [0, 0.05) is 36.9 Å². The van der Waals surface area contributed by atoms with Gasteiger partial charge in [-0.05, 0) is 85.0 Å². The summed E-state index contributed by atoms with van der Waals surface area (Å²) >= 11 is 0. The van der Waals surface area contributed by atoms with Crippen LogP contribution in [0.1, 0.15) is 56.1 Å². The van der Waals surface area contributed by atoms with Crippen LogP contribution in [-0.4, -0.2) is 16.3 Å². The van der Waals surface area contributed by atoms with E-state index in [4.69, 9.17) is 0 Å². The summed E-state index contributed by atoms with van der Waals surface area (Å²) in [6.07, 6.45) is 6.78. The monoisotopic (exact) mass is 447 g/mol. The van der Waals surface area contributed by atoms with E-state index in [1.165, 1.54) is 30.4 Å². The van der Waals surface area contributed by atoms with Gasteiger partial charge in [0.2, 0.25) is 0 Å². The van der Waals surface area contributed by atoms with Crippen LogP contribution in [0.3, 0.4) is 0 Å². The van der Waals surface area contributed by atoms with Crippen molar-refractivity contribution in [2.75, 3.05) is 0 Å². The SMILES string of the molecule is C[C@]12CC[C@@H]3c4ccc(O)cc4CC[C@H]3[C@@H]1CC[C@H]2O.[Lu]. The van der Waals surface area contributed by atoms with E-state index in [0.717, 1.165) is 25.2 Å². The second-order valence-electron chi connectivity index (χ2n) is 7.44. The fourth-order valence-electron chi connectivity index (χ4n) is 5.54. The first-order valence-corrected chi connectivity index (χ1v) is 8.09. The van der Waals surface area contributed by atoms with Gasteiger partial charge in [0.05, 0.1) is 6.10 Å². The van der Waals surface area contributed by atoms with Crippen molar-refractivity contribution in [3.8, 4) is 5.75 Å². The number of aryl methyl sites for hydroxylation is 1. The fourth-order valence-corrected chi connectivity index (χ4v) is 5.54. The van der Waals surface area contributed by atoms with E-state index in [9.17, 15) is 10.2 Å². The molecular formula is C18H24LuO2. The van der Waals surface area contributed by atoms with Gasteiger partial charge in [-0.3, -0.25) is 0 Å². The molecule has 2 N–H and O–H groups in total. The molecule has 123 valence electrons. The van der Waals surface area contributed by atoms with Crippen LogP contribution in [0.15, 0.2) is 18.2 Å². The van der Waals surface area contributed by atoms with Crippen molar-refractivity contribution in [1.82, 2.24) is 0 Å². The summed E-state index contributed by atoms with van der Waals surface area (Å²) in [5.41, 5.74) is 2.99. The van der Waals surface area contributed by atoms with E-state index >= 15 is 0 Å². The number of aliphatic hydroxyl groups is 1. The maximum Gasteiger partial charge on any atom is 0.115 e. The number of fused-ring (bicyclic) bond motifs is 5. The second-order valence-corrected chi connectivity index (χ2v) is 7.44. The quantitative estimate of drug-likeness (QED) is 0.638. The topological polar surface area (TPSA) is 40.5 Å². The van der Waals surface area contributed by atoms with Gasteiger partial charge in [-0.15, -0.1) is 0 Å². The van der Waals surface area contributed by atoms with Gasteiger partial charge in [-0.25, -0.2) is 0 Å². The third kappa shape index (κ3) is 2.37. The van der Waals surface area contributed by atoms with E-state index < -0.39 is 0 Å².